The van der Waals surface area contributed by atoms with E-state index in [1.807, 2.05) is 12.1 Å². The summed E-state index contributed by atoms with van der Waals surface area (Å²) < 4.78 is 11.2. The Morgan fingerprint density at radius 2 is 2.09 bits per heavy atom. The second-order valence-corrected chi connectivity index (χ2v) is 6.68. The zero-order chi connectivity index (χ0) is 16.2. The second kappa shape index (κ2) is 7.41. The fraction of sp³-hybridized carbons (Fsp3) is 0.588. The molecule has 0 bridgehead atoms. The van der Waals surface area contributed by atoms with Gasteiger partial charge in [0.1, 0.15) is 13.2 Å². The maximum atomic E-state index is 10.9. The molecule has 5 nitrogen and oxygen atoms in total. The number of fused-ring (bicyclic) bond motifs is 1. The van der Waals surface area contributed by atoms with Crippen LogP contribution >= 0.6 is 11.6 Å². The standard InChI is InChI=1S/C17H22ClNO4/c18-14-8-13(9-15-17(14)23-7-6-22-15)11-19-4-1-2-12(3-5-19)10-16(20)21/h8-9,12H,1-7,10-11H2,(H,20,21). The number of carboxylic acids is 1. The quantitative estimate of drug-likeness (QED) is 0.913. The smallest absolute Gasteiger partial charge is 0.303 e. The normalized spacial score (nSPS) is 21.7. The first kappa shape index (κ1) is 16.4. The van der Waals surface area contributed by atoms with Gasteiger partial charge in [-0.25, -0.2) is 0 Å². The minimum absolute atomic E-state index is 0.281. The molecule has 23 heavy (non-hydrogen) atoms. The van der Waals surface area contributed by atoms with Gasteiger partial charge < -0.3 is 14.6 Å². The molecule has 2 heterocycles. The summed E-state index contributed by atoms with van der Waals surface area (Å²) in [5, 5.41) is 9.54. The topological polar surface area (TPSA) is 59.0 Å². The Balaban J connectivity index is 1.63. The summed E-state index contributed by atoms with van der Waals surface area (Å²) in [7, 11) is 0. The molecule has 2 aliphatic heterocycles. The van der Waals surface area contributed by atoms with Gasteiger partial charge in [-0.15, -0.1) is 0 Å². The van der Waals surface area contributed by atoms with E-state index < -0.39 is 5.97 Å². The largest absolute Gasteiger partial charge is 0.486 e. The summed E-state index contributed by atoms with van der Waals surface area (Å²) >= 11 is 6.29. The van der Waals surface area contributed by atoms with Crippen molar-refractivity contribution >= 4 is 17.6 Å². The average molecular weight is 340 g/mol. The van der Waals surface area contributed by atoms with Gasteiger partial charge in [-0.1, -0.05) is 11.6 Å². The first-order chi connectivity index (χ1) is 11.1. The fourth-order valence-electron chi connectivity index (χ4n) is 3.35. The van der Waals surface area contributed by atoms with E-state index in [1.54, 1.807) is 0 Å². The zero-order valence-electron chi connectivity index (χ0n) is 13.1. The van der Waals surface area contributed by atoms with Gasteiger partial charge in [0.25, 0.3) is 0 Å². The molecule has 2 aliphatic rings. The van der Waals surface area contributed by atoms with E-state index in [0.717, 1.165) is 50.2 Å². The van der Waals surface area contributed by atoms with Crippen LogP contribution in [0, 0.1) is 5.92 Å². The van der Waals surface area contributed by atoms with Crippen LogP contribution in [0.15, 0.2) is 12.1 Å². The minimum Gasteiger partial charge on any atom is -0.486 e. The molecule has 0 radical (unpaired) electrons. The lowest BCUT2D eigenvalue weighted by atomic mass is 9.97. The molecule has 0 aromatic heterocycles. The highest BCUT2D eigenvalue weighted by Gasteiger charge is 2.21. The number of carboxylic acid groups (broad SMARTS) is 1. The van der Waals surface area contributed by atoms with Crippen LogP contribution in [0.2, 0.25) is 5.02 Å². The fourth-order valence-corrected chi connectivity index (χ4v) is 3.64. The summed E-state index contributed by atoms with van der Waals surface area (Å²) in [6.07, 6.45) is 3.25. The summed E-state index contributed by atoms with van der Waals surface area (Å²) in [5.74, 6) is 0.958. The molecule has 1 N–H and O–H groups in total. The van der Waals surface area contributed by atoms with E-state index in [4.69, 9.17) is 26.2 Å². The molecule has 1 aromatic rings. The number of hydrogen-bond acceptors (Lipinski definition) is 4. The van der Waals surface area contributed by atoms with Crippen LogP contribution in [0.1, 0.15) is 31.2 Å². The van der Waals surface area contributed by atoms with Crippen molar-refractivity contribution in [1.29, 1.82) is 0 Å². The van der Waals surface area contributed by atoms with Crippen molar-refractivity contribution in [1.82, 2.24) is 4.90 Å². The monoisotopic (exact) mass is 339 g/mol. The molecule has 6 heteroatoms. The number of aliphatic carboxylic acids is 1. The molecule has 1 fully saturated rings. The Kier molecular flexibility index (Phi) is 5.28. The van der Waals surface area contributed by atoms with Crippen LogP contribution < -0.4 is 9.47 Å². The first-order valence-corrected chi connectivity index (χ1v) is 8.52. The van der Waals surface area contributed by atoms with E-state index in [0.29, 0.717) is 29.9 Å². The van der Waals surface area contributed by atoms with Crippen LogP contribution in [-0.2, 0) is 11.3 Å². The maximum absolute atomic E-state index is 10.9. The molecule has 1 atom stereocenters. The number of likely N-dealkylation sites (tertiary alicyclic amines) is 1. The third-order valence-electron chi connectivity index (χ3n) is 4.47. The van der Waals surface area contributed by atoms with Gasteiger partial charge in [-0.3, -0.25) is 9.69 Å². The van der Waals surface area contributed by atoms with E-state index in [1.165, 1.54) is 0 Å². The Bertz CT molecular complexity index is 578. The van der Waals surface area contributed by atoms with Crippen LogP contribution in [0.25, 0.3) is 0 Å². The van der Waals surface area contributed by atoms with Crippen molar-refractivity contribution in [3.05, 3.63) is 22.7 Å². The van der Waals surface area contributed by atoms with Gasteiger partial charge in [0, 0.05) is 13.0 Å². The molecule has 0 saturated carbocycles. The number of ether oxygens (including phenoxy) is 2. The van der Waals surface area contributed by atoms with Gasteiger partial charge in [-0.2, -0.15) is 0 Å². The Labute approximate surface area is 141 Å². The molecule has 1 aromatic carbocycles. The number of rotatable bonds is 4. The van der Waals surface area contributed by atoms with Crippen molar-refractivity contribution in [3.63, 3.8) is 0 Å². The predicted octanol–water partition coefficient (Wildman–Crippen LogP) is 3.19. The number of hydrogen-bond donors (Lipinski definition) is 1. The van der Waals surface area contributed by atoms with Gasteiger partial charge in [0.05, 0.1) is 5.02 Å². The highest BCUT2D eigenvalue weighted by atomic mass is 35.5. The van der Waals surface area contributed by atoms with Gasteiger partial charge >= 0.3 is 5.97 Å². The van der Waals surface area contributed by atoms with Crippen molar-refractivity contribution in [2.24, 2.45) is 5.92 Å². The molecule has 0 spiro atoms. The SMILES string of the molecule is O=C(O)CC1CCCN(Cc2cc(Cl)c3c(c2)OCCO3)CC1. The molecule has 1 saturated heterocycles. The van der Waals surface area contributed by atoms with Crippen LogP contribution in [-0.4, -0.2) is 42.3 Å². The minimum atomic E-state index is -0.693. The third kappa shape index (κ3) is 4.30. The summed E-state index contributed by atoms with van der Waals surface area (Å²) in [6.45, 7) is 3.79. The zero-order valence-corrected chi connectivity index (χ0v) is 13.8. The lowest BCUT2D eigenvalue weighted by Crippen LogP contribution is -2.24. The molecule has 3 rings (SSSR count). The Morgan fingerprint density at radius 1 is 1.26 bits per heavy atom. The van der Waals surface area contributed by atoms with Crippen molar-refractivity contribution in [3.8, 4) is 11.5 Å². The Hall–Kier alpha value is -1.46. The van der Waals surface area contributed by atoms with Crippen LogP contribution in [0.4, 0.5) is 0 Å². The van der Waals surface area contributed by atoms with E-state index in [9.17, 15) is 4.79 Å². The third-order valence-corrected chi connectivity index (χ3v) is 4.75. The maximum Gasteiger partial charge on any atom is 0.303 e. The molecule has 0 aliphatic carbocycles. The summed E-state index contributed by atoms with van der Waals surface area (Å²) in [4.78, 5) is 13.2. The highest BCUT2D eigenvalue weighted by Crippen LogP contribution is 2.38. The number of nitrogens with zero attached hydrogens (tertiary/aromatic N) is 1. The second-order valence-electron chi connectivity index (χ2n) is 6.27. The predicted molar refractivity (Wildman–Crippen MR) is 87.3 cm³/mol. The molecule has 1 unspecified atom stereocenters. The molecular weight excluding hydrogens is 318 g/mol. The number of benzene rings is 1. The van der Waals surface area contributed by atoms with Gasteiger partial charge in [0.2, 0.25) is 0 Å². The number of carbonyl (C=O) groups is 1. The average Bonchev–Trinajstić information content (AvgIpc) is 2.72. The lowest BCUT2D eigenvalue weighted by molar-refractivity contribution is -0.138. The van der Waals surface area contributed by atoms with E-state index in [-0.39, 0.29) is 6.42 Å². The molecule has 0 amide bonds. The lowest BCUT2D eigenvalue weighted by Gasteiger charge is -2.23. The molecule has 126 valence electrons. The van der Waals surface area contributed by atoms with Crippen molar-refractivity contribution < 1.29 is 19.4 Å². The van der Waals surface area contributed by atoms with E-state index >= 15 is 0 Å². The van der Waals surface area contributed by atoms with Gasteiger partial charge in [0.15, 0.2) is 11.5 Å². The van der Waals surface area contributed by atoms with Crippen molar-refractivity contribution in [2.75, 3.05) is 26.3 Å². The molecular formula is C17H22ClNO4. The first-order valence-electron chi connectivity index (χ1n) is 8.14. The van der Waals surface area contributed by atoms with Crippen molar-refractivity contribution in [2.45, 2.75) is 32.2 Å². The van der Waals surface area contributed by atoms with Crippen LogP contribution in [0.3, 0.4) is 0 Å². The van der Waals surface area contributed by atoms with E-state index in [2.05, 4.69) is 4.90 Å². The number of halogens is 1. The summed E-state index contributed by atoms with van der Waals surface area (Å²) in [5.41, 5.74) is 1.11. The summed E-state index contributed by atoms with van der Waals surface area (Å²) in [6, 6.07) is 3.94. The Morgan fingerprint density at radius 3 is 2.91 bits per heavy atom. The van der Waals surface area contributed by atoms with Gasteiger partial charge in [-0.05, 0) is 56.0 Å². The van der Waals surface area contributed by atoms with Crippen LogP contribution in [0.5, 0.6) is 11.5 Å². The highest BCUT2D eigenvalue weighted by molar-refractivity contribution is 6.32.